The van der Waals surface area contributed by atoms with Gasteiger partial charge in [-0.2, -0.15) is 0 Å². The molecule has 2 N–H and O–H groups in total. The van der Waals surface area contributed by atoms with Gasteiger partial charge >= 0.3 is 0 Å². The molecule has 23 heavy (non-hydrogen) atoms. The van der Waals surface area contributed by atoms with Gasteiger partial charge in [0.2, 0.25) is 5.88 Å². The molecule has 0 bridgehead atoms. The number of piperidine rings is 1. The highest BCUT2D eigenvalue weighted by atomic mass is 16.5. The van der Waals surface area contributed by atoms with Crippen molar-refractivity contribution in [3.63, 3.8) is 0 Å². The Morgan fingerprint density at radius 1 is 1.13 bits per heavy atom. The van der Waals surface area contributed by atoms with Gasteiger partial charge < -0.3 is 19.7 Å². The van der Waals surface area contributed by atoms with Crippen LogP contribution in [0, 0.1) is 0 Å². The van der Waals surface area contributed by atoms with E-state index in [-0.39, 0.29) is 0 Å². The molecule has 1 aliphatic heterocycles. The summed E-state index contributed by atoms with van der Waals surface area (Å²) >= 11 is 0. The number of methoxy groups -OCH3 is 2. The molecule has 1 aliphatic rings. The second-order valence-electron chi connectivity index (χ2n) is 5.78. The van der Waals surface area contributed by atoms with E-state index >= 15 is 0 Å². The fraction of sp³-hybridized carbons (Fsp3) is 0.471. The SMILES string of the molecule is COc1ccc(-c2c(CN3CCCCC3)noc2N)cc1OC. The largest absolute Gasteiger partial charge is 0.493 e. The first kappa shape index (κ1) is 15.7. The first-order chi connectivity index (χ1) is 11.2. The molecule has 1 fully saturated rings. The molecule has 1 aromatic carbocycles. The van der Waals surface area contributed by atoms with Crippen LogP contribution in [0.1, 0.15) is 25.0 Å². The monoisotopic (exact) mass is 317 g/mol. The number of rotatable bonds is 5. The van der Waals surface area contributed by atoms with E-state index in [4.69, 9.17) is 19.7 Å². The molecule has 3 rings (SSSR count). The van der Waals surface area contributed by atoms with E-state index in [1.54, 1.807) is 14.2 Å². The van der Waals surface area contributed by atoms with Crippen LogP contribution in [0.4, 0.5) is 5.88 Å². The molecule has 1 aromatic heterocycles. The summed E-state index contributed by atoms with van der Waals surface area (Å²) in [5.74, 6) is 1.68. The van der Waals surface area contributed by atoms with Gasteiger partial charge in [0, 0.05) is 6.54 Å². The fourth-order valence-corrected chi connectivity index (χ4v) is 3.08. The lowest BCUT2D eigenvalue weighted by molar-refractivity contribution is 0.215. The number of nitrogens with zero attached hydrogens (tertiary/aromatic N) is 2. The standard InChI is InChI=1S/C17H23N3O3/c1-21-14-7-6-12(10-15(14)22-2)16-13(19-23-17(16)18)11-20-8-4-3-5-9-20/h6-7,10H,3-5,8-9,11,18H2,1-2H3. The number of hydrogen-bond donors (Lipinski definition) is 1. The Morgan fingerprint density at radius 3 is 2.57 bits per heavy atom. The second kappa shape index (κ2) is 6.91. The zero-order valence-corrected chi connectivity index (χ0v) is 13.7. The molecule has 6 nitrogen and oxygen atoms in total. The zero-order chi connectivity index (χ0) is 16.2. The van der Waals surface area contributed by atoms with Crippen LogP contribution in [0.15, 0.2) is 22.7 Å². The van der Waals surface area contributed by atoms with E-state index in [1.165, 1.54) is 19.3 Å². The van der Waals surface area contributed by atoms with Crippen molar-refractivity contribution < 1.29 is 14.0 Å². The maximum absolute atomic E-state index is 6.02. The van der Waals surface area contributed by atoms with E-state index in [2.05, 4.69) is 10.1 Å². The highest BCUT2D eigenvalue weighted by Crippen LogP contribution is 2.36. The zero-order valence-electron chi connectivity index (χ0n) is 13.7. The quantitative estimate of drug-likeness (QED) is 0.914. The number of nitrogen functional groups attached to an aromatic ring is 1. The Bertz CT molecular complexity index is 663. The summed E-state index contributed by atoms with van der Waals surface area (Å²) in [5, 5.41) is 4.17. The van der Waals surface area contributed by atoms with Crippen LogP contribution < -0.4 is 15.2 Å². The van der Waals surface area contributed by atoms with Crippen LogP contribution in [0.2, 0.25) is 0 Å². The van der Waals surface area contributed by atoms with Crippen LogP contribution in [0.25, 0.3) is 11.1 Å². The van der Waals surface area contributed by atoms with Gasteiger partial charge in [-0.25, -0.2) is 0 Å². The van der Waals surface area contributed by atoms with Crippen LogP contribution in [0.3, 0.4) is 0 Å². The first-order valence-corrected chi connectivity index (χ1v) is 7.91. The topological polar surface area (TPSA) is 73.8 Å². The Labute approximate surface area is 136 Å². The van der Waals surface area contributed by atoms with Crippen molar-refractivity contribution in [3.8, 4) is 22.6 Å². The molecule has 0 aliphatic carbocycles. The van der Waals surface area contributed by atoms with Gasteiger partial charge in [-0.3, -0.25) is 4.90 Å². The summed E-state index contributed by atoms with van der Waals surface area (Å²) in [7, 11) is 3.24. The minimum atomic E-state index is 0.337. The summed E-state index contributed by atoms with van der Waals surface area (Å²) in [5.41, 5.74) is 8.66. The Kier molecular flexibility index (Phi) is 4.71. The highest BCUT2D eigenvalue weighted by Gasteiger charge is 2.20. The van der Waals surface area contributed by atoms with Crippen LogP contribution in [-0.2, 0) is 6.54 Å². The number of anilines is 1. The number of benzene rings is 1. The van der Waals surface area contributed by atoms with Gasteiger partial charge in [0.25, 0.3) is 0 Å². The molecular formula is C17H23N3O3. The van der Waals surface area contributed by atoms with Crippen molar-refractivity contribution in [2.24, 2.45) is 0 Å². The minimum absolute atomic E-state index is 0.337. The number of hydrogen-bond acceptors (Lipinski definition) is 6. The third-order valence-corrected chi connectivity index (χ3v) is 4.28. The molecule has 0 amide bonds. The lowest BCUT2D eigenvalue weighted by atomic mass is 10.0. The maximum Gasteiger partial charge on any atom is 0.230 e. The van der Waals surface area contributed by atoms with Crippen molar-refractivity contribution in [2.45, 2.75) is 25.8 Å². The van der Waals surface area contributed by atoms with Gasteiger partial charge in [0.1, 0.15) is 5.69 Å². The predicted molar refractivity (Wildman–Crippen MR) is 88.6 cm³/mol. The third kappa shape index (κ3) is 3.27. The summed E-state index contributed by atoms with van der Waals surface area (Å²) < 4.78 is 15.9. The highest BCUT2D eigenvalue weighted by molar-refractivity contribution is 5.76. The minimum Gasteiger partial charge on any atom is -0.493 e. The van der Waals surface area contributed by atoms with E-state index < -0.39 is 0 Å². The molecule has 124 valence electrons. The van der Waals surface area contributed by atoms with E-state index in [9.17, 15) is 0 Å². The fourth-order valence-electron chi connectivity index (χ4n) is 3.08. The van der Waals surface area contributed by atoms with E-state index in [0.717, 1.165) is 36.5 Å². The molecule has 6 heteroatoms. The molecule has 0 radical (unpaired) electrons. The van der Waals surface area contributed by atoms with Gasteiger partial charge in [-0.15, -0.1) is 0 Å². The van der Waals surface area contributed by atoms with E-state index in [1.807, 2.05) is 18.2 Å². The van der Waals surface area contributed by atoms with Crippen LogP contribution in [0.5, 0.6) is 11.5 Å². The second-order valence-corrected chi connectivity index (χ2v) is 5.78. The number of ether oxygens (including phenoxy) is 2. The molecular weight excluding hydrogens is 294 g/mol. The van der Waals surface area contributed by atoms with Crippen molar-refractivity contribution >= 4 is 5.88 Å². The number of likely N-dealkylation sites (tertiary alicyclic amines) is 1. The summed E-state index contributed by atoms with van der Waals surface area (Å²) in [6, 6.07) is 5.72. The summed E-state index contributed by atoms with van der Waals surface area (Å²) in [6.07, 6.45) is 3.78. The average Bonchev–Trinajstić information content (AvgIpc) is 2.95. The van der Waals surface area contributed by atoms with Crippen molar-refractivity contribution in [1.82, 2.24) is 10.1 Å². The van der Waals surface area contributed by atoms with Gasteiger partial charge in [-0.05, 0) is 43.6 Å². The summed E-state index contributed by atoms with van der Waals surface area (Å²) in [6.45, 7) is 2.95. The molecule has 2 heterocycles. The molecule has 1 saturated heterocycles. The lowest BCUT2D eigenvalue weighted by Crippen LogP contribution is -2.29. The van der Waals surface area contributed by atoms with Crippen molar-refractivity contribution in [3.05, 3.63) is 23.9 Å². The number of nitrogens with two attached hydrogens (primary N) is 1. The first-order valence-electron chi connectivity index (χ1n) is 7.91. The van der Waals surface area contributed by atoms with Gasteiger partial charge in [0.15, 0.2) is 11.5 Å². The Hall–Kier alpha value is -2.21. The molecule has 0 atom stereocenters. The van der Waals surface area contributed by atoms with Gasteiger partial charge in [-0.1, -0.05) is 17.6 Å². The predicted octanol–water partition coefficient (Wildman–Crippen LogP) is 2.93. The van der Waals surface area contributed by atoms with E-state index in [0.29, 0.717) is 17.4 Å². The Balaban J connectivity index is 1.91. The molecule has 0 saturated carbocycles. The van der Waals surface area contributed by atoms with Crippen LogP contribution in [-0.4, -0.2) is 37.4 Å². The summed E-state index contributed by atoms with van der Waals surface area (Å²) in [4.78, 5) is 2.39. The number of aromatic nitrogens is 1. The molecule has 0 spiro atoms. The van der Waals surface area contributed by atoms with Crippen molar-refractivity contribution in [1.29, 1.82) is 0 Å². The smallest absolute Gasteiger partial charge is 0.230 e. The maximum atomic E-state index is 6.02. The van der Waals surface area contributed by atoms with Crippen molar-refractivity contribution in [2.75, 3.05) is 33.0 Å². The normalized spacial score (nSPS) is 15.6. The molecule has 2 aromatic rings. The molecule has 0 unspecified atom stereocenters. The average molecular weight is 317 g/mol. The van der Waals surface area contributed by atoms with Gasteiger partial charge in [0.05, 0.1) is 19.8 Å². The van der Waals surface area contributed by atoms with Crippen LogP contribution >= 0.6 is 0 Å². The third-order valence-electron chi connectivity index (χ3n) is 4.28. The Morgan fingerprint density at radius 2 is 1.87 bits per heavy atom. The lowest BCUT2D eigenvalue weighted by Gasteiger charge is -2.25.